The number of carbonyl (C=O) groups is 2. The summed E-state index contributed by atoms with van der Waals surface area (Å²) in [4.78, 5) is 30.7. The monoisotopic (exact) mass is 556 g/mol. The van der Waals surface area contributed by atoms with Crippen molar-refractivity contribution in [3.8, 4) is 11.5 Å². The number of amides is 1. The molecule has 1 aliphatic rings. The van der Waals surface area contributed by atoms with E-state index in [1.54, 1.807) is 29.2 Å². The molecule has 0 bridgehead atoms. The quantitative estimate of drug-likeness (QED) is 0.145. The van der Waals surface area contributed by atoms with Crippen LogP contribution in [0.1, 0.15) is 56.3 Å². The SMILES string of the molecule is CCCOc1ccc(C(O)=C2C(=O)C(=O)N(CCCN(CC)CC)C2c2cccc(OCc3ccccc3)c2)cc1. The molecule has 7 nitrogen and oxygen atoms in total. The molecule has 4 rings (SSSR count). The fourth-order valence-corrected chi connectivity index (χ4v) is 5.06. The molecule has 1 unspecified atom stereocenters. The van der Waals surface area contributed by atoms with Crippen LogP contribution in [-0.2, 0) is 16.2 Å². The van der Waals surface area contributed by atoms with Crippen LogP contribution in [0.4, 0.5) is 0 Å². The van der Waals surface area contributed by atoms with E-state index in [0.717, 1.165) is 31.6 Å². The lowest BCUT2D eigenvalue weighted by Crippen LogP contribution is -2.33. The molecule has 1 amide bonds. The average molecular weight is 557 g/mol. The third-order valence-corrected chi connectivity index (χ3v) is 7.33. The molecule has 0 aromatic heterocycles. The van der Waals surface area contributed by atoms with Gasteiger partial charge in [0.05, 0.1) is 18.2 Å². The van der Waals surface area contributed by atoms with E-state index in [9.17, 15) is 14.7 Å². The van der Waals surface area contributed by atoms with Crippen LogP contribution in [0.25, 0.3) is 5.76 Å². The molecular formula is C34H40N2O5. The second kappa shape index (κ2) is 14.5. The smallest absolute Gasteiger partial charge is 0.295 e. The van der Waals surface area contributed by atoms with Gasteiger partial charge in [-0.25, -0.2) is 0 Å². The van der Waals surface area contributed by atoms with Crippen LogP contribution < -0.4 is 9.47 Å². The molecule has 3 aromatic rings. The van der Waals surface area contributed by atoms with Crippen molar-refractivity contribution in [2.24, 2.45) is 0 Å². The highest BCUT2D eigenvalue weighted by Gasteiger charge is 2.46. The Morgan fingerprint density at radius 1 is 0.878 bits per heavy atom. The largest absolute Gasteiger partial charge is 0.507 e. The minimum absolute atomic E-state index is 0.0836. The summed E-state index contributed by atoms with van der Waals surface area (Å²) in [6.45, 7) is 10.2. The predicted molar refractivity (Wildman–Crippen MR) is 161 cm³/mol. The zero-order valence-corrected chi connectivity index (χ0v) is 24.2. The summed E-state index contributed by atoms with van der Waals surface area (Å²) >= 11 is 0. The Hall–Kier alpha value is -4.10. The van der Waals surface area contributed by atoms with Crippen molar-refractivity contribution in [3.05, 3.63) is 101 Å². The number of aliphatic hydroxyl groups excluding tert-OH is 1. The van der Waals surface area contributed by atoms with Crippen LogP contribution in [0.2, 0.25) is 0 Å². The van der Waals surface area contributed by atoms with E-state index in [0.29, 0.717) is 48.8 Å². The van der Waals surface area contributed by atoms with Crippen molar-refractivity contribution in [2.75, 3.05) is 32.8 Å². The highest BCUT2D eigenvalue weighted by Crippen LogP contribution is 2.40. The number of hydrogen-bond acceptors (Lipinski definition) is 6. The van der Waals surface area contributed by atoms with Crippen LogP contribution in [0.15, 0.2) is 84.4 Å². The Balaban J connectivity index is 1.68. The van der Waals surface area contributed by atoms with Gasteiger partial charge in [-0.05, 0) is 80.0 Å². The van der Waals surface area contributed by atoms with Gasteiger partial charge in [-0.3, -0.25) is 9.59 Å². The Labute approximate surface area is 243 Å². The van der Waals surface area contributed by atoms with Gasteiger partial charge in [0.15, 0.2) is 0 Å². The van der Waals surface area contributed by atoms with E-state index < -0.39 is 17.7 Å². The number of Topliss-reactive ketones (excluding diaryl/α,β-unsaturated/α-hetero) is 1. The molecule has 0 saturated carbocycles. The van der Waals surface area contributed by atoms with Gasteiger partial charge in [0.1, 0.15) is 23.9 Å². The fourth-order valence-electron chi connectivity index (χ4n) is 5.06. The minimum atomic E-state index is -0.733. The molecular weight excluding hydrogens is 516 g/mol. The first-order valence-electron chi connectivity index (χ1n) is 14.5. The minimum Gasteiger partial charge on any atom is -0.507 e. The van der Waals surface area contributed by atoms with Gasteiger partial charge in [0, 0.05) is 12.1 Å². The highest BCUT2D eigenvalue weighted by atomic mass is 16.5. The summed E-state index contributed by atoms with van der Waals surface area (Å²) in [5.41, 5.74) is 2.28. The number of likely N-dealkylation sites (tertiary alicyclic amines) is 1. The molecule has 0 spiro atoms. The van der Waals surface area contributed by atoms with Gasteiger partial charge in [-0.15, -0.1) is 0 Å². The van der Waals surface area contributed by atoms with Crippen LogP contribution in [0, 0.1) is 0 Å². The van der Waals surface area contributed by atoms with Gasteiger partial charge >= 0.3 is 0 Å². The van der Waals surface area contributed by atoms with Crippen molar-refractivity contribution in [2.45, 2.75) is 46.3 Å². The van der Waals surface area contributed by atoms with Gasteiger partial charge in [0.25, 0.3) is 11.7 Å². The summed E-state index contributed by atoms with van der Waals surface area (Å²) in [5.74, 6) is -0.179. The summed E-state index contributed by atoms with van der Waals surface area (Å²) in [5, 5.41) is 11.4. The molecule has 41 heavy (non-hydrogen) atoms. The van der Waals surface area contributed by atoms with Crippen molar-refractivity contribution in [1.29, 1.82) is 0 Å². The first-order chi connectivity index (χ1) is 20.0. The van der Waals surface area contributed by atoms with Crippen LogP contribution in [-0.4, -0.2) is 59.4 Å². The maximum absolute atomic E-state index is 13.5. The second-order valence-electron chi connectivity index (χ2n) is 10.1. The Bertz CT molecular complexity index is 1330. The van der Waals surface area contributed by atoms with Gasteiger partial charge in [-0.2, -0.15) is 0 Å². The number of ketones is 1. The Morgan fingerprint density at radius 2 is 1.61 bits per heavy atom. The third-order valence-electron chi connectivity index (χ3n) is 7.33. The van der Waals surface area contributed by atoms with E-state index in [1.807, 2.05) is 61.5 Å². The summed E-state index contributed by atoms with van der Waals surface area (Å²) < 4.78 is 11.7. The van der Waals surface area contributed by atoms with E-state index >= 15 is 0 Å². The first kappa shape index (κ1) is 29.9. The maximum atomic E-state index is 13.5. The Morgan fingerprint density at radius 3 is 2.29 bits per heavy atom. The van der Waals surface area contributed by atoms with Gasteiger partial charge in [-0.1, -0.05) is 63.2 Å². The van der Waals surface area contributed by atoms with Crippen LogP contribution >= 0.6 is 0 Å². The lowest BCUT2D eigenvalue weighted by molar-refractivity contribution is -0.140. The molecule has 3 aromatic carbocycles. The van der Waals surface area contributed by atoms with Crippen molar-refractivity contribution >= 4 is 17.4 Å². The van der Waals surface area contributed by atoms with E-state index in [4.69, 9.17) is 9.47 Å². The van der Waals surface area contributed by atoms with Gasteiger partial charge < -0.3 is 24.4 Å². The molecule has 1 saturated heterocycles. The Kier molecular flexibility index (Phi) is 10.6. The summed E-state index contributed by atoms with van der Waals surface area (Å²) in [6.07, 6.45) is 1.59. The van der Waals surface area contributed by atoms with Crippen molar-refractivity contribution < 1.29 is 24.2 Å². The zero-order valence-electron chi connectivity index (χ0n) is 24.2. The predicted octanol–water partition coefficient (Wildman–Crippen LogP) is 6.21. The van der Waals surface area contributed by atoms with E-state index in [-0.39, 0.29) is 11.3 Å². The number of ether oxygens (including phenoxy) is 2. The molecule has 1 N–H and O–H groups in total. The third kappa shape index (κ3) is 7.35. The standard InChI is InChI=1S/C34H40N2O5/c1-4-22-40-28-18-16-26(17-19-28)32(37)30-31(36(34(39)33(30)38)21-11-20-35(5-2)6-3)27-14-10-15-29(23-27)41-24-25-12-8-7-9-13-25/h7-10,12-19,23,31,37H,4-6,11,20-22,24H2,1-3H3. The van der Waals surface area contributed by atoms with Crippen molar-refractivity contribution in [3.63, 3.8) is 0 Å². The molecule has 0 aliphatic carbocycles. The number of aliphatic hydroxyl groups is 1. The second-order valence-corrected chi connectivity index (χ2v) is 10.1. The van der Waals surface area contributed by atoms with Crippen LogP contribution in [0.3, 0.4) is 0 Å². The van der Waals surface area contributed by atoms with E-state index in [1.165, 1.54) is 0 Å². The number of nitrogens with zero attached hydrogens (tertiary/aromatic N) is 2. The molecule has 216 valence electrons. The topological polar surface area (TPSA) is 79.3 Å². The fraction of sp³-hybridized carbons (Fsp3) is 0.353. The normalized spacial score (nSPS) is 16.4. The van der Waals surface area contributed by atoms with Crippen molar-refractivity contribution in [1.82, 2.24) is 9.80 Å². The maximum Gasteiger partial charge on any atom is 0.295 e. The summed E-state index contributed by atoms with van der Waals surface area (Å²) in [6, 6.07) is 23.5. The van der Waals surface area contributed by atoms with Gasteiger partial charge in [0.2, 0.25) is 0 Å². The molecule has 1 heterocycles. The first-order valence-corrected chi connectivity index (χ1v) is 14.5. The molecule has 0 radical (unpaired) electrons. The number of rotatable bonds is 14. The molecule has 7 heteroatoms. The molecule has 1 atom stereocenters. The molecule has 1 fully saturated rings. The zero-order chi connectivity index (χ0) is 29.2. The molecule has 1 aliphatic heterocycles. The number of carbonyl (C=O) groups excluding carboxylic acids is 2. The lowest BCUT2D eigenvalue weighted by atomic mass is 9.95. The highest BCUT2D eigenvalue weighted by molar-refractivity contribution is 6.46. The van der Waals surface area contributed by atoms with E-state index in [2.05, 4.69) is 18.7 Å². The number of hydrogen-bond donors (Lipinski definition) is 1. The lowest BCUT2D eigenvalue weighted by Gasteiger charge is -2.27. The average Bonchev–Trinajstić information content (AvgIpc) is 3.26. The number of benzene rings is 3. The van der Waals surface area contributed by atoms with Crippen LogP contribution in [0.5, 0.6) is 11.5 Å². The summed E-state index contributed by atoms with van der Waals surface area (Å²) in [7, 11) is 0.